The van der Waals surface area contributed by atoms with E-state index in [4.69, 9.17) is 29.4 Å². The van der Waals surface area contributed by atoms with Crippen LogP contribution in [0.15, 0.2) is 12.3 Å². The molecule has 1 aromatic heterocycles. The van der Waals surface area contributed by atoms with E-state index in [-0.39, 0.29) is 0 Å². The number of hydrogen-bond acceptors (Lipinski definition) is 4. The van der Waals surface area contributed by atoms with Crippen LogP contribution in [0, 0.1) is 0 Å². The fraction of sp³-hybridized carbons (Fsp3) is 0. The summed E-state index contributed by atoms with van der Waals surface area (Å²) in [6, 6.07) is 0.592. The van der Waals surface area contributed by atoms with Crippen molar-refractivity contribution in [3.63, 3.8) is 0 Å². The van der Waals surface area contributed by atoms with Crippen LogP contribution in [0.3, 0.4) is 0 Å². The lowest BCUT2D eigenvalue weighted by molar-refractivity contribution is 0.378. The maximum Gasteiger partial charge on any atom is 0.375 e. The summed E-state index contributed by atoms with van der Waals surface area (Å²) in [7, 11) is -15.7. The van der Waals surface area contributed by atoms with E-state index in [0.717, 1.165) is 0 Å². The summed E-state index contributed by atoms with van der Waals surface area (Å²) in [6.07, 6.45) is 0.641. The molecule has 13 heteroatoms. The van der Waals surface area contributed by atoms with Gasteiger partial charge >= 0.3 is 22.8 Å². The van der Waals surface area contributed by atoms with Gasteiger partial charge in [-0.05, 0) is 6.07 Å². The maximum atomic E-state index is 11.1. The minimum atomic E-state index is -5.33. The molecule has 0 aromatic carbocycles. The summed E-state index contributed by atoms with van der Waals surface area (Å²) in [5, 5.41) is -2.60. The van der Waals surface area contributed by atoms with Crippen LogP contribution >= 0.6 is 22.8 Å². The third-order valence-electron chi connectivity index (χ3n) is 1.76. The molecule has 0 aliphatic heterocycles. The molecule has 0 spiro atoms. The van der Waals surface area contributed by atoms with Crippen molar-refractivity contribution in [2.24, 2.45) is 0 Å². The molecule has 0 amide bonds. The van der Waals surface area contributed by atoms with Gasteiger partial charge < -0.3 is 29.4 Å². The van der Waals surface area contributed by atoms with Gasteiger partial charge in [0, 0.05) is 6.20 Å². The molecule has 0 fully saturated rings. The van der Waals surface area contributed by atoms with Crippen LogP contribution in [0.5, 0.6) is 0 Å². The lowest BCUT2D eigenvalue weighted by Crippen LogP contribution is -2.39. The summed E-state index contributed by atoms with van der Waals surface area (Å²) >= 11 is 0. The molecule has 102 valence electrons. The Morgan fingerprint density at radius 3 is 1.67 bits per heavy atom. The van der Waals surface area contributed by atoms with Crippen LogP contribution in [0.4, 0.5) is 0 Å². The van der Waals surface area contributed by atoms with E-state index in [0.29, 0.717) is 12.3 Å². The summed E-state index contributed by atoms with van der Waals surface area (Å²) < 4.78 is 33.2. The first-order chi connectivity index (χ1) is 7.85. The van der Waals surface area contributed by atoms with Crippen LogP contribution in [0.25, 0.3) is 0 Å². The Morgan fingerprint density at radius 2 is 1.33 bits per heavy atom. The van der Waals surface area contributed by atoms with Crippen molar-refractivity contribution in [2.45, 2.75) is 0 Å². The number of rotatable bonds is 3. The van der Waals surface area contributed by atoms with Crippen LogP contribution in [0.2, 0.25) is 0 Å². The van der Waals surface area contributed by atoms with Crippen molar-refractivity contribution < 1.29 is 43.1 Å². The summed E-state index contributed by atoms with van der Waals surface area (Å²) in [4.78, 5) is 56.6. The molecule has 0 bridgehead atoms. The number of aromatic nitrogens is 1. The normalized spacial score (nSPS) is 13.7. The quantitative estimate of drug-likeness (QED) is 0.325. The second-order valence-corrected chi connectivity index (χ2v) is 7.75. The zero-order chi connectivity index (χ0) is 14.4. The second kappa shape index (κ2) is 4.61. The molecular weight excluding hydrogens is 311 g/mol. The van der Waals surface area contributed by atoms with Gasteiger partial charge in [-0.25, -0.2) is 4.98 Å². The molecule has 0 saturated carbocycles. The van der Waals surface area contributed by atoms with Gasteiger partial charge in [0.1, 0.15) is 5.30 Å². The van der Waals surface area contributed by atoms with Crippen molar-refractivity contribution in [3.8, 4) is 0 Å². The Balaban J connectivity index is 3.85. The molecular formula is C5H8NO9P3. The van der Waals surface area contributed by atoms with Gasteiger partial charge in [-0.15, -0.1) is 0 Å². The van der Waals surface area contributed by atoms with Crippen molar-refractivity contribution in [3.05, 3.63) is 12.3 Å². The minimum Gasteiger partial charge on any atom is -0.321 e. The smallest absolute Gasteiger partial charge is 0.321 e. The molecule has 0 unspecified atom stereocenters. The Morgan fingerprint density at radius 1 is 0.833 bits per heavy atom. The van der Waals surface area contributed by atoms with Crippen molar-refractivity contribution in [1.82, 2.24) is 4.98 Å². The van der Waals surface area contributed by atoms with Gasteiger partial charge in [-0.1, -0.05) is 0 Å². The fourth-order valence-corrected chi connectivity index (χ4v) is 4.76. The highest BCUT2D eigenvalue weighted by Gasteiger charge is 2.39. The molecule has 0 saturated heterocycles. The molecule has 0 atom stereocenters. The first kappa shape index (κ1) is 15.7. The van der Waals surface area contributed by atoms with Gasteiger partial charge in [-0.3, -0.25) is 13.7 Å². The molecule has 0 radical (unpaired) electrons. The number of nitrogens with zero attached hydrogens (tertiary/aromatic N) is 1. The Hall–Kier alpha value is -0.400. The molecule has 1 aromatic rings. The Labute approximate surface area is 99.8 Å². The van der Waals surface area contributed by atoms with E-state index in [9.17, 15) is 13.7 Å². The molecule has 0 aliphatic carbocycles. The summed E-state index contributed by atoms with van der Waals surface area (Å²) in [6.45, 7) is 0. The van der Waals surface area contributed by atoms with Gasteiger partial charge in [0.2, 0.25) is 0 Å². The molecule has 0 aliphatic rings. The van der Waals surface area contributed by atoms with E-state index in [1.807, 2.05) is 0 Å². The summed E-state index contributed by atoms with van der Waals surface area (Å²) in [5.74, 6) is 0. The van der Waals surface area contributed by atoms with Gasteiger partial charge in [0.25, 0.3) is 0 Å². The molecule has 10 nitrogen and oxygen atoms in total. The predicted molar refractivity (Wildman–Crippen MR) is 59.3 cm³/mol. The molecule has 1 heterocycles. The van der Waals surface area contributed by atoms with Crippen molar-refractivity contribution in [1.29, 1.82) is 0 Å². The van der Waals surface area contributed by atoms with Gasteiger partial charge in [0.05, 0.1) is 5.30 Å². The highest BCUT2D eigenvalue weighted by Crippen LogP contribution is 2.43. The van der Waals surface area contributed by atoms with Crippen molar-refractivity contribution in [2.75, 3.05) is 0 Å². The van der Waals surface area contributed by atoms with Crippen LogP contribution in [0.1, 0.15) is 0 Å². The van der Waals surface area contributed by atoms with Crippen LogP contribution < -0.4 is 16.0 Å². The SMILES string of the molecule is O=P(O)(O)c1ccnc(P(=O)(O)O)c1P(=O)(O)O. The first-order valence-electron chi connectivity index (χ1n) is 4.02. The average molecular weight is 319 g/mol. The van der Waals surface area contributed by atoms with E-state index < -0.39 is 38.8 Å². The fourth-order valence-electron chi connectivity index (χ4n) is 1.16. The standard InChI is InChI=1S/C5H8NO9P3/c7-16(8,9)3-1-2-6-5(18(13,14)15)4(3)17(10,11)12/h1-2H,(H2,7,8,9)(H2,10,11,12)(H2,13,14,15). The Bertz CT molecular complexity index is 568. The van der Waals surface area contributed by atoms with E-state index in [1.54, 1.807) is 0 Å². The topological polar surface area (TPSA) is 185 Å². The van der Waals surface area contributed by atoms with Crippen molar-refractivity contribution >= 4 is 38.8 Å². The highest BCUT2D eigenvalue weighted by molar-refractivity contribution is 7.70. The largest absolute Gasteiger partial charge is 0.375 e. The van der Waals surface area contributed by atoms with Crippen LogP contribution in [-0.4, -0.2) is 34.3 Å². The van der Waals surface area contributed by atoms with Crippen LogP contribution in [-0.2, 0) is 13.7 Å². The zero-order valence-electron chi connectivity index (χ0n) is 8.35. The molecule has 6 N–H and O–H groups in total. The predicted octanol–water partition coefficient (Wildman–Crippen LogP) is -2.51. The van der Waals surface area contributed by atoms with E-state index in [2.05, 4.69) is 4.98 Å². The summed E-state index contributed by atoms with van der Waals surface area (Å²) in [5.41, 5.74) is -1.35. The van der Waals surface area contributed by atoms with E-state index >= 15 is 0 Å². The van der Waals surface area contributed by atoms with Gasteiger partial charge in [-0.2, -0.15) is 0 Å². The zero-order valence-corrected chi connectivity index (χ0v) is 11.0. The lowest BCUT2D eigenvalue weighted by Gasteiger charge is -2.15. The molecule has 18 heavy (non-hydrogen) atoms. The monoisotopic (exact) mass is 319 g/mol. The first-order valence-corrected chi connectivity index (χ1v) is 8.86. The maximum absolute atomic E-state index is 11.1. The van der Waals surface area contributed by atoms with E-state index in [1.165, 1.54) is 0 Å². The third-order valence-corrected chi connectivity index (χ3v) is 5.04. The Kier molecular flexibility index (Phi) is 4.01. The molecule has 1 rings (SSSR count). The minimum absolute atomic E-state index is 0.592. The average Bonchev–Trinajstić information content (AvgIpc) is 2.12. The highest BCUT2D eigenvalue weighted by atomic mass is 31.2. The third kappa shape index (κ3) is 3.33. The lowest BCUT2D eigenvalue weighted by atomic mass is 10.5. The van der Waals surface area contributed by atoms with Gasteiger partial charge in [0.15, 0.2) is 5.44 Å². The number of pyridine rings is 1. The number of hydrogen-bond donors (Lipinski definition) is 6. The second-order valence-electron chi connectivity index (χ2n) is 3.13.